The summed E-state index contributed by atoms with van der Waals surface area (Å²) in [6.07, 6.45) is 0.111. The lowest BCUT2D eigenvalue weighted by Crippen LogP contribution is -2.01. The summed E-state index contributed by atoms with van der Waals surface area (Å²) in [5.41, 5.74) is 1.66. The number of carboxylic acid groups (broad SMARTS) is 1. The highest BCUT2D eigenvalue weighted by molar-refractivity contribution is 5.70. The number of aromatic hydroxyl groups is 2. The highest BCUT2D eigenvalue weighted by atomic mass is 16.4. The zero-order valence-electron chi connectivity index (χ0n) is 11.9. The van der Waals surface area contributed by atoms with Gasteiger partial charge in [0, 0.05) is 12.5 Å². The summed E-state index contributed by atoms with van der Waals surface area (Å²) in [6, 6.07) is 11.5. The number of phenols is 2. The molecule has 0 aliphatic carbocycles. The Bertz CT molecular complexity index is 843. The van der Waals surface area contributed by atoms with Crippen LogP contribution in [-0.4, -0.2) is 21.3 Å². The monoisotopic (exact) mass is 308 g/mol. The first kappa shape index (κ1) is 15.9. The average Bonchev–Trinajstić information content (AvgIpc) is 2.52. The lowest BCUT2D eigenvalue weighted by molar-refractivity contribution is -0.136. The molecule has 114 valence electrons. The molecule has 23 heavy (non-hydrogen) atoms. The molecule has 0 aliphatic rings. The van der Waals surface area contributed by atoms with Gasteiger partial charge in [-0.1, -0.05) is 24.3 Å². The maximum Gasteiger partial charge on any atom is 0.307 e. The maximum atomic E-state index is 10.7. The molecule has 2 aromatic rings. The second kappa shape index (κ2) is 6.50. The molecule has 6 heteroatoms. The fraction of sp³-hybridized carbons (Fsp3) is 0.118. The predicted molar refractivity (Wildman–Crippen MR) is 79.8 cm³/mol. The molecule has 3 N–H and O–H groups in total. The third kappa shape index (κ3) is 3.39. The Balaban J connectivity index is 2.40. The second-order valence-corrected chi connectivity index (χ2v) is 4.93. The molecule has 0 spiro atoms. The normalized spacial score (nSPS) is 9.83. The predicted octanol–water partition coefficient (Wildman–Crippen LogP) is 2.06. The van der Waals surface area contributed by atoms with Gasteiger partial charge < -0.3 is 15.3 Å². The molecule has 0 fully saturated rings. The van der Waals surface area contributed by atoms with Crippen LogP contribution in [-0.2, 0) is 17.6 Å². The summed E-state index contributed by atoms with van der Waals surface area (Å²) in [4.78, 5) is 10.7. The zero-order chi connectivity index (χ0) is 17.0. The van der Waals surface area contributed by atoms with E-state index < -0.39 is 17.5 Å². The summed E-state index contributed by atoms with van der Waals surface area (Å²) in [5, 5.41) is 46.4. The molecular formula is C17H12N2O4. The van der Waals surface area contributed by atoms with Crippen molar-refractivity contribution in [3.63, 3.8) is 0 Å². The summed E-state index contributed by atoms with van der Waals surface area (Å²) >= 11 is 0. The van der Waals surface area contributed by atoms with Gasteiger partial charge in [0.05, 0.1) is 18.1 Å². The summed E-state index contributed by atoms with van der Waals surface area (Å²) in [6.45, 7) is 0. The Morgan fingerprint density at radius 2 is 1.65 bits per heavy atom. The van der Waals surface area contributed by atoms with Crippen molar-refractivity contribution in [2.45, 2.75) is 12.8 Å². The largest absolute Gasteiger partial charge is 0.504 e. The van der Waals surface area contributed by atoms with E-state index in [1.54, 1.807) is 30.3 Å². The van der Waals surface area contributed by atoms with E-state index in [1.165, 1.54) is 0 Å². The minimum absolute atomic E-state index is 0.0901. The minimum Gasteiger partial charge on any atom is -0.504 e. The van der Waals surface area contributed by atoms with Crippen molar-refractivity contribution in [3.8, 4) is 23.6 Å². The van der Waals surface area contributed by atoms with Crippen LogP contribution in [0, 0.1) is 22.7 Å². The molecule has 0 heterocycles. The van der Waals surface area contributed by atoms with Crippen LogP contribution in [0.4, 0.5) is 0 Å². The third-order valence-corrected chi connectivity index (χ3v) is 3.38. The molecular weight excluding hydrogens is 296 g/mol. The first-order chi connectivity index (χ1) is 11.0. The van der Waals surface area contributed by atoms with Crippen molar-refractivity contribution >= 4 is 5.97 Å². The van der Waals surface area contributed by atoms with Crippen molar-refractivity contribution in [1.82, 2.24) is 0 Å². The van der Waals surface area contributed by atoms with E-state index in [0.29, 0.717) is 11.1 Å². The van der Waals surface area contributed by atoms with E-state index in [9.17, 15) is 15.0 Å². The van der Waals surface area contributed by atoms with Crippen molar-refractivity contribution in [2.75, 3.05) is 0 Å². The van der Waals surface area contributed by atoms with Crippen LogP contribution < -0.4 is 0 Å². The summed E-state index contributed by atoms with van der Waals surface area (Å²) in [7, 11) is 0. The van der Waals surface area contributed by atoms with Gasteiger partial charge in [-0.2, -0.15) is 10.5 Å². The van der Waals surface area contributed by atoms with Crippen LogP contribution in [0.2, 0.25) is 0 Å². The van der Waals surface area contributed by atoms with Crippen LogP contribution in [0.15, 0.2) is 30.3 Å². The van der Waals surface area contributed by atoms with Crippen LogP contribution in [0.1, 0.15) is 27.8 Å². The molecule has 2 rings (SSSR count). The van der Waals surface area contributed by atoms with Gasteiger partial charge in [0.2, 0.25) is 0 Å². The maximum absolute atomic E-state index is 10.7. The van der Waals surface area contributed by atoms with E-state index in [-0.39, 0.29) is 24.0 Å². The fourth-order valence-electron chi connectivity index (χ4n) is 2.26. The van der Waals surface area contributed by atoms with Gasteiger partial charge >= 0.3 is 5.97 Å². The number of carbonyl (C=O) groups is 1. The van der Waals surface area contributed by atoms with Crippen LogP contribution >= 0.6 is 0 Å². The van der Waals surface area contributed by atoms with Gasteiger partial charge in [-0.3, -0.25) is 4.79 Å². The smallest absolute Gasteiger partial charge is 0.307 e. The van der Waals surface area contributed by atoms with E-state index in [4.69, 9.17) is 15.6 Å². The van der Waals surface area contributed by atoms with E-state index >= 15 is 0 Å². The average molecular weight is 308 g/mol. The lowest BCUT2D eigenvalue weighted by Gasteiger charge is -2.10. The second-order valence-electron chi connectivity index (χ2n) is 4.93. The van der Waals surface area contributed by atoms with Gasteiger partial charge in [-0.25, -0.2) is 0 Å². The van der Waals surface area contributed by atoms with E-state index in [2.05, 4.69) is 0 Å². The first-order valence-electron chi connectivity index (χ1n) is 6.64. The number of carboxylic acids is 1. The molecule has 0 unspecified atom stereocenters. The standard InChI is InChI=1S/C17H12N2O4/c18-8-12-7-15(20)17(23)14(9-19)13(12)5-10-1-3-11(4-2-10)6-16(21)22/h1-4,7,20,23H,5-6H2,(H,21,22). The summed E-state index contributed by atoms with van der Waals surface area (Å²) in [5.74, 6) is -2.00. The number of rotatable bonds is 4. The number of nitriles is 2. The molecule has 2 aromatic carbocycles. The van der Waals surface area contributed by atoms with Crippen molar-refractivity contribution < 1.29 is 20.1 Å². The van der Waals surface area contributed by atoms with Crippen molar-refractivity contribution in [1.29, 1.82) is 10.5 Å². The number of benzene rings is 2. The quantitative estimate of drug-likeness (QED) is 0.742. The number of aliphatic carboxylic acids is 1. The third-order valence-electron chi connectivity index (χ3n) is 3.38. The van der Waals surface area contributed by atoms with Gasteiger partial charge in [-0.15, -0.1) is 0 Å². The molecule has 0 radical (unpaired) electrons. The molecule has 0 aliphatic heterocycles. The molecule has 0 amide bonds. The number of phenolic OH excluding ortho intramolecular Hbond substituents is 2. The molecule has 0 atom stereocenters. The Morgan fingerprint density at radius 3 is 2.17 bits per heavy atom. The van der Waals surface area contributed by atoms with E-state index in [1.807, 2.05) is 6.07 Å². The van der Waals surface area contributed by atoms with Crippen LogP contribution in [0.5, 0.6) is 11.5 Å². The van der Waals surface area contributed by atoms with Gasteiger partial charge in [0.1, 0.15) is 11.6 Å². The number of hydrogen-bond donors (Lipinski definition) is 3. The molecule has 6 nitrogen and oxygen atoms in total. The molecule has 0 aromatic heterocycles. The highest BCUT2D eigenvalue weighted by Gasteiger charge is 2.17. The Hall–Kier alpha value is -3.51. The Morgan fingerprint density at radius 1 is 1.04 bits per heavy atom. The molecule has 0 bridgehead atoms. The molecule has 0 saturated carbocycles. The summed E-state index contributed by atoms with van der Waals surface area (Å²) < 4.78 is 0. The lowest BCUT2D eigenvalue weighted by atomic mass is 9.94. The van der Waals surface area contributed by atoms with E-state index in [0.717, 1.165) is 11.6 Å². The first-order valence-corrected chi connectivity index (χ1v) is 6.64. The van der Waals surface area contributed by atoms with Gasteiger partial charge in [0.25, 0.3) is 0 Å². The van der Waals surface area contributed by atoms with Gasteiger partial charge in [-0.05, 0) is 16.7 Å². The van der Waals surface area contributed by atoms with Crippen LogP contribution in [0.25, 0.3) is 0 Å². The number of nitrogens with zero attached hydrogens (tertiary/aromatic N) is 2. The van der Waals surface area contributed by atoms with Crippen molar-refractivity contribution in [3.05, 3.63) is 58.1 Å². The highest BCUT2D eigenvalue weighted by Crippen LogP contribution is 2.34. The molecule has 0 saturated heterocycles. The van der Waals surface area contributed by atoms with Gasteiger partial charge in [0.15, 0.2) is 11.5 Å². The Kier molecular flexibility index (Phi) is 4.49. The van der Waals surface area contributed by atoms with Crippen molar-refractivity contribution in [2.24, 2.45) is 0 Å². The Labute approximate surface area is 132 Å². The topological polar surface area (TPSA) is 125 Å². The zero-order valence-corrected chi connectivity index (χ0v) is 11.9. The SMILES string of the molecule is N#Cc1cc(O)c(O)c(C#N)c1Cc1ccc(CC(=O)O)cc1. The number of hydrogen-bond acceptors (Lipinski definition) is 5. The minimum atomic E-state index is -0.931. The fourth-order valence-corrected chi connectivity index (χ4v) is 2.26. The van der Waals surface area contributed by atoms with Crippen LogP contribution in [0.3, 0.4) is 0 Å².